The van der Waals surface area contributed by atoms with Gasteiger partial charge in [-0.05, 0) is 34.3 Å². The Morgan fingerprint density at radius 3 is 2.41 bits per heavy atom. The van der Waals surface area contributed by atoms with Gasteiger partial charge in [-0.3, -0.25) is 0 Å². The van der Waals surface area contributed by atoms with Crippen LogP contribution in [0.5, 0.6) is 0 Å². The first kappa shape index (κ1) is 12.3. The maximum atomic E-state index is 13.7. The fourth-order valence-electron chi connectivity index (χ4n) is 1.75. The van der Waals surface area contributed by atoms with E-state index in [2.05, 4.69) is 22.6 Å². The SMILES string of the molecule is Cc1ccc(-c2cccc(F)c2C=CI)cc1. The van der Waals surface area contributed by atoms with Crippen LogP contribution in [0.3, 0.4) is 0 Å². The molecule has 0 aromatic heterocycles. The summed E-state index contributed by atoms with van der Waals surface area (Å²) in [7, 11) is 0. The van der Waals surface area contributed by atoms with Crippen molar-refractivity contribution in [2.24, 2.45) is 0 Å². The molecule has 2 aromatic rings. The quantitative estimate of drug-likeness (QED) is 0.660. The van der Waals surface area contributed by atoms with E-state index in [1.807, 2.05) is 41.3 Å². The van der Waals surface area contributed by atoms with Crippen LogP contribution >= 0.6 is 22.6 Å². The lowest BCUT2D eigenvalue weighted by molar-refractivity contribution is 0.625. The molecule has 0 atom stereocenters. The Bertz CT molecular complexity index is 541. The maximum Gasteiger partial charge on any atom is 0.131 e. The van der Waals surface area contributed by atoms with Gasteiger partial charge in [0.1, 0.15) is 5.82 Å². The van der Waals surface area contributed by atoms with Crippen molar-refractivity contribution in [3.8, 4) is 11.1 Å². The van der Waals surface area contributed by atoms with Crippen LogP contribution in [-0.2, 0) is 0 Å². The van der Waals surface area contributed by atoms with Gasteiger partial charge in [0.2, 0.25) is 0 Å². The van der Waals surface area contributed by atoms with Crippen LogP contribution in [0.25, 0.3) is 17.2 Å². The third-order valence-corrected chi connectivity index (χ3v) is 3.00. The molecule has 0 nitrogen and oxygen atoms in total. The molecule has 2 aromatic carbocycles. The summed E-state index contributed by atoms with van der Waals surface area (Å²) in [6, 6.07) is 13.3. The van der Waals surface area contributed by atoms with E-state index < -0.39 is 0 Å². The molecular formula is C15H12FI. The fraction of sp³-hybridized carbons (Fsp3) is 0.0667. The molecule has 0 aliphatic heterocycles. The minimum atomic E-state index is -0.184. The number of hydrogen-bond acceptors (Lipinski definition) is 0. The van der Waals surface area contributed by atoms with Crippen LogP contribution in [0.2, 0.25) is 0 Å². The summed E-state index contributed by atoms with van der Waals surface area (Å²) in [5, 5.41) is 0. The maximum absolute atomic E-state index is 13.7. The molecule has 0 saturated carbocycles. The molecule has 0 aliphatic carbocycles. The van der Waals surface area contributed by atoms with Gasteiger partial charge < -0.3 is 0 Å². The Hall–Kier alpha value is -1.16. The summed E-state index contributed by atoms with van der Waals surface area (Å²) in [6.45, 7) is 2.04. The van der Waals surface area contributed by atoms with E-state index in [0.29, 0.717) is 5.56 Å². The van der Waals surface area contributed by atoms with E-state index in [-0.39, 0.29) is 5.82 Å². The second kappa shape index (κ2) is 5.45. The summed E-state index contributed by atoms with van der Waals surface area (Å²) in [5.41, 5.74) is 3.82. The highest BCUT2D eigenvalue weighted by molar-refractivity contribution is 14.1. The zero-order valence-corrected chi connectivity index (χ0v) is 11.6. The lowest BCUT2D eigenvalue weighted by Gasteiger charge is -2.07. The van der Waals surface area contributed by atoms with Gasteiger partial charge in [0, 0.05) is 5.56 Å². The van der Waals surface area contributed by atoms with Crippen LogP contribution in [0.4, 0.5) is 4.39 Å². The summed E-state index contributed by atoms with van der Waals surface area (Å²) in [6.07, 6.45) is 1.80. The Labute approximate surface area is 114 Å². The molecule has 17 heavy (non-hydrogen) atoms. The summed E-state index contributed by atoms with van der Waals surface area (Å²) in [4.78, 5) is 0. The van der Waals surface area contributed by atoms with Crippen LogP contribution in [0.1, 0.15) is 11.1 Å². The Balaban J connectivity index is 2.58. The first-order chi connectivity index (χ1) is 8.22. The number of aryl methyl sites for hydroxylation is 1. The third-order valence-electron chi connectivity index (χ3n) is 2.65. The molecule has 0 heterocycles. The molecule has 0 radical (unpaired) electrons. The van der Waals surface area contributed by atoms with Gasteiger partial charge in [0.15, 0.2) is 0 Å². The van der Waals surface area contributed by atoms with E-state index in [1.165, 1.54) is 11.6 Å². The highest BCUT2D eigenvalue weighted by Gasteiger charge is 2.06. The molecule has 0 unspecified atom stereocenters. The Morgan fingerprint density at radius 1 is 1.06 bits per heavy atom. The van der Waals surface area contributed by atoms with E-state index in [0.717, 1.165) is 11.1 Å². The summed E-state index contributed by atoms with van der Waals surface area (Å²) in [5.74, 6) is -0.184. The van der Waals surface area contributed by atoms with Crippen molar-refractivity contribution in [1.29, 1.82) is 0 Å². The number of rotatable bonds is 2. The van der Waals surface area contributed by atoms with Crippen molar-refractivity contribution in [2.75, 3.05) is 0 Å². The standard InChI is InChI=1S/C15H12FI/c1-11-5-7-12(8-6-11)13-3-2-4-15(16)14(13)9-10-17/h2-10H,1H3. The van der Waals surface area contributed by atoms with Gasteiger partial charge >= 0.3 is 0 Å². The molecule has 0 saturated heterocycles. The van der Waals surface area contributed by atoms with Crippen molar-refractivity contribution in [3.63, 3.8) is 0 Å². The number of hydrogen-bond donors (Lipinski definition) is 0. The average molecular weight is 338 g/mol. The number of halogens is 2. The fourth-order valence-corrected chi connectivity index (χ4v) is 2.11. The average Bonchev–Trinajstić information content (AvgIpc) is 2.33. The van der Waals surface area contributed by atoms with E-state index in [9.17, 15) is 4.39 Å². The van der Waals surface area contributed by atoms with Gasteiger partial charge in [-0.15, -0.1) is 0 Å². The van der Waals surface area contributed by atoms with E-state index in [4.69, 9.17) is 0 Å². The summed E-state index contributed by atoms with van der Waals surface area (Å²) < 4.78 is 15.6. The Morgan fingerprint density at radius 2 is 1.76 bits per heavy atom. The molecule has 2 heteroatoms. The van der Waals surface area contributed by atoms with Gasteiger partial charge in [-0.25, -0.2) is 4.39 Å². The second-order valence-electron chi connectivity index (χ2n) is 3.86. The van der Waals surface area contributed by atoms with Gasteiger partial charge in [-0.1, -0.05) is 64.6 Å². The molecule has 0 fully saturated rings. The van der Waals surface area contributed by atoms with Gasteiger partial charge in [0.05, 0.1) is 0 Å². The van der Waals surface area contributed by atoms with Crippen molar-refractivity contribution in [3.05, 3.63) is 63.5 Å². The molecule has 86 valence electrons. The van der Waals surface area contributed by atoms with Gasteiger partial charge in [-0.2, -0.15) is 0 Å². The molecule has 0 bridgehead atoms. The smallest absolute Gasteiger partial charge is 0.131 e. The molecule has 2 rings (SSSR count). The van der Waals surface area contributed by atoms with E-state index >= 15 is 0 Å². The van der Waals surface area contributed by atoms with Crippen molar-refractivity contribution < 1.29 is 4.39 Å². The van der Waals surface area contributed by atoms with E-state index in [1.54, 1.807) is 12.1 Å². The zero-order chi connectivity index (χ0) is 12.3. The monoisotopic (exact) mass is 338 g/mol. The lowest BCUT2D eigenvalue weighted by atomic mass is 9.98. The molecule has 0 spiro atoms. The van der Waals surface area contributed by atoms with Crippen molar-refractivity contribution >= 4 is 28.7 Å². The summed E-state index contributed by atoms with van der Waals surface area (Å²) >= 11 is 2.10. The third kappa shape index (κ3) is 2.75. The topological polar surface area (TPSA) is 0 Å². The predicted molar refractivity (Wildman–Crippen MR) is 79.6 cm³/mol. The number of benzene rings is 2. The van der Waals surface area contributed by atoms with Crippen LogP contribution in [-0.4, -0.2) is 0 Å². The predicted octanol–water partition coefficient (Wildman–Crippen LogP) is 5.21. The largest absolute Gasteiger partial charge is 0.206 e. The zero-order valence-electron chi connectivity index (χ0n) is 9.45. The van der Waals surface area contributed by atoms with Gasteiger partial charge in [0.25, 0.3) is 0 Å². The molecule has 0 N–H and O–H groups in total. The minimum absolute atomic E-state index is 0.184. The first-order valence-corrected chi connectivity index (χ1v) is 6.59. The Kier molecular flexibility index (Phi) is 3.94. The van der Waals surface area contributed by atoms with Crippen LogP contribution < -0.4 is 0 Å². The van der Waals surface area contributed by atoms with Crippen LogP contribution in [0.15, 0.2) is 46.5 Å². The van der Waals surface area contributed by atoms with Crippen molar-refractivity contribution in [1.82, 2.24) is 0 Å². The highest BCUT2D eigenvalue weighted by atomic mass is 127. The molecule has 0 amide bonds. The minimum Gasteiger partial charge on any atom is -0.206 e. The molecule has 0 aliphatic rings. The first-order valence-electron chi connectivity index (χ1n) is 5.34. The highest BCUT2D eigenvalue weighted by Crippen LogP contribution is 2.27. The lowest BCUT2D eigenvalue weighted by Crippen LogP contribution is -1.88. The van der Waals surface area contributed by atoms with Crippen LogP contribution in [0, 0.1) is 12.7 Å². The molecular weight excluding hydrogens is 326 g/mol. The second-order valence-corrected chi connectivity index (χ2v) is 4.58. The normalized spacial score (nSPS) is 11.0. The van der Waals surface area contributed by atoms with Crippen molar-refractivity contribution in [2.45, 2.75) is 6.92 Å².